The third-order valence-corrected chi connectivity index (χ3v) is 4.77. The standard InChI is InChI=1S/C20H27BrO2/c1-2-18-19-11-10-17(22)15-16(19)9-12-20(18)23-14-8-6-4-3-5-7-13-21/h9-12,15,22H,2-8,13-14H2,1H3. The van der Waals surface area contributed by atoms with Crippen molar-refractivity contribution in [3.05, 3.63) is 35.9 Å². The number of benzene rings is 2. The minimum Gasteiger partial charge on any atom is -0.508 e. The van der Waals surface area contributed by atoms with Gasteiger partial charge in [-0.2, -0.15) is 0 Å². The van der Waals surface area contributed by atoms with E-state index in [9.17, 15) is 5.11 Å². The van der Waals surface area contributed by atoms with Crippen LogP contribution in [0.25, 0.3) is 10.8 Å². The first kappa shape index (κ1) is 18.1. The van der Waals surface area contributed by atoms with Crippen molar-refractivity contribution in [2.45, 2.75) is 51.9 Å². The number of rotatable bonds is 10. The number of hydrogen-bond donors (Lipinski definition) is 1. The van der Waals surface area contributed by atoms with Gasteiger partial charge in [-0.05, 0) is 48.2 Å². The van der Waals surface area contributed by atoms with Crippen molar-refractivity contribution in [2.24, 2.45) is 0 Å². The summed E-state index contributed by atoms with van der Waals surface area (Å²) in [6, 6.07) is 9.62. The SMILES string of the molecule is CCc1c(OCCCCCCCCBr)ccc2cc(O)ccc12. The van der Waals surface area contributed by atoms with Crippen LogP contribution in [0, 0.1) is 0 Å². The lowest BCUT2D eigenvalue weighted by atomic mass is 10.0. The largest absolute Gasteiger partial charge is 0.508 e. The fourth-order valence-electron chi connectivity index (χ4n) is 2.95. The molecule has 1 N–H and O–H groups in total. The van der Waals surface area contributed by atoms with Crippen molar-refractivity contribution in [3.8, 4) is 11.5 Å². The summed E-state index contributed by atoms with van der Waals surface area (Å²) in [7, 11) is 0. The van der Waals surface area contributed by atoms with Gasteiger partial charge in [0, 0.05) is 10.9 Å². The monoisotopic (exact) mass is 378 g/mol. The van der Waals surface area contributed by atoms with Gasteiger partial charge < -0.3 is 9.84 Å². The van der Waals surface area contributed by atoms with E-state index in [0.717, 1.165) is 35.9 Å². The van der Waals surface area contributed by atoms with Gasteiger partial charge in [-0.1, -0.05) is 60.7 Å². The number of unbranched alkanes of at least 4 members (excludes halogenated alkanes) is 5. The molecule has 0 aliphatic carbocycles. The van der Waals surface area contributed by atoms with E-state index in [0.29, 0.717) is 5.75 Å². The number of phenolic OH excluding ortho intramolecular Hbond substituents is 1. The molecule has 0 spiro atoms. The van der Waals surface area contributed by atoms with Crippen LogP contribution in [0.4, 0.5) is 0 Å². The number of ether oxygens (including phenoxy) is 1. The van der Waals surface area contributed by atoms with Crippen molar-refractivity contribution in [1.29, 1.82) is 0 Å². The minimum absolute atomic E-state index is 0.313. The van der Waals surface area contributed by atoms with Gasteiger partial charge in [0.1, 0.15) is 11.5 Å². The summed E-state index contributed by atoms with van der Waals surface area (Å²) in [5.41, 5.74) is 1.24. The zero-order valence-electron chi connectivity index (χ0n) is 14.0. The van der Waals surface area contributed by atoms with Crippen molar-refractivity contribution in [2.75, 3.05) is 11.9 Å². The smallest absolute Gasteiger partial charge is 0.123 e. The minimum atomic E-state index is 0.313. The fourth-order valence-corrected chi connectivity index (χ4v) is 3.34. The number of halogens is 1. The Morgan fingerprint density at radius 1 is 0.957 bits per heavy atom. The molecule has 23 heavy (non-hydrogen) atoms. The van der Waals surface area contributed by atoms with E-state index in [1.807, 2.05) is 24.3 Å². The van der Waals surface area contributed by atoms with Gasteiger partial charge in [-0.15, -0.1) is 0 Å². The fraction of sp³-hybridized carbons (Fsp3) is 0.500. The van der Waals surface area contributed by atoms with Gasteiger partial charge in [0.05, 0.1) is 6.61 Å². The molecule has 0 saturated heterocycles. The van der Waals surface area contributed by atoms with E-state index >= 15 is 0 Å². The maximum atomic E-state index is 9.61. The lowest BCUT2D eigenvalue weighted by Gasteiger charge is -2.13. The van der Waals surface area contributed by atoms with Gasteiger partial charge in [-0.25, -0.2) is 0 Å². The van der Waals surface area contributed by atoms with Crippen molar-refractivity contribution < 1.29 is 9.84 Å². The topological polar surface area (TPSA) is 29.5 Å². The molecule has 2 rings (SSSR count). The predicted molar refractivity (Wildman–Crippen MR) is 102 cm³/mol. The molecule has 2 aromatic carbocycles. The number of aromatic hydroxyl groups is 1. The molecule has 0 aromatic heterocycles. The Morgan fingerprint density at radius 3 is 2.43 bits per heavy atom. The highest BCUT2D eigenvalue weighted by molar-refractivity contribution is 9.09. The highest BCUT2D eigenvalue weighted by Gasteiger charge is 2.08. The molecular formula is C20H27BrO2. The van der Waals surface area contributed by atoms with E-state index in [1.165, 1.54) is 43.1 Å². The molecule has 3 heteroatoms. The second-order valence-electron chi connectivity index (χ2n) is 5.96. The third-order valence-electron chi connectivity index (χ3n) is 4.21. The Morgan fingerprint density at radius 2 is 1.70 bits per heavy atom. The molecule has 0 unspecified atom stereocenters. The first-order valence-corrected chi connectivity index (χ1v) is 9.81. The average Bonchev–Trinajstić information content (AvgIpc) is 2.56. The summed E-state index contributed by atoms with van der Waals surface area (Å²) in [6.45, 7) is 2.94. The number of fused-ring (bicyclic) bond motifs is 1. The van der Waals surface area contributed by atoms with E-state index in [2.05, 4.69) is 22.9 Å². The van der Waals surface area contributed by atoms with E-state index in [-0.39, 0.29) is 0 Å². The second-order valence-corrected chi connectivity index (χ2v) is 6.75. The summed E-state index contributed by atoms with van der Waals surface area (Å²) in [6.07, 6.45) is 8.52. The lowest BCUT2D eigenvalue weighted by molar-refractivity contribution is 0.302. The maximum Gasteiger partial charge on any atom is 0.123 e. The van der Waals surface area contributed by atoms with Gasteiger partial charge >= 0.3 is 0 Å². The molecule has 0 atom stereocenters. The van der Waals surface area contributed by atoms with E-state index in [1.54, 1.807) is 6.07 Å². The maximum absolute atomic E-state index is 9.61. The van der Waals surface area contributed by atoms with Crippen LogP contribution in [0.15, 0.2) is 30.3 Å². The Bertz CT molecular complexity index is 610. The number of alkyl halides is 1. The molecule has 0 amide bonds. The molecule has 0 radical (unpaired) electrons. The van der Waals surface area contributed by atoms with Gasteiger partial charge in [0.15, 0.2) is 0 Å². The highest BCUT2D eigenvalue weighted by atomic mass is 79.9. The summed E-state index contributed by atoms with van der Waals surface area (Å²) in [5, 5.41) is 13.0. The van der Waals surface area contributed by atoms with Crippen LogP contribution in [0.2, 0.25) is 0 Å². The Kier molecular flexibility index (Phi) is 7.73. The lowest BCUT2D eigenvalue weighted by Crippen LogP contribution is -2.00. The number of hydrogen-bond acceptors (Lipinski definition) is 2. The Balaban J connectivity index is 1.86. The molecule has 0 saturated carbocycles. The van der Waals surface area contributed by atoms with Crippen LogP contribution >= 0.6 is 15.9 Å². The normalized spacial score (nSPS) is 11.0. The predicted octanol–water partition coefficient (Wildman–Crippen LogP) is 6.22. The molecule has 0 fully saturated rings. The van der Waals surface area contributed by atoms with E-state index < -0.39 is 0 Å². The molecule has 2 nitrogen and oxygen atoms in total. The van der Waals surface area contributed by atoms with Crippen LogP contribution in [-0.4, -0.2) is 17.0 Å². The van der Waals surface area contributed by atoms with Crippen LogP contribution in [-0.2, 0) is 6.42 Å². The Labute approximate surface area is 148 Å². The van der Waals surface area contributed by atoms with Gasteiger partial charge in [0.25, 0.3) is 0 Å². The molecule has 126 valence electrons. The van der Waals surface area contributed by atoms with Gasteiger partial charge in [-0.3, -0.25) is 0 Å². The van der Waals surface area contributed by atoms with Crippen LogP contribution in [0.5, 0.6) is 11.5 Å². The Hall–Kier alpha value is -1.22. The quantitative estimate of drug-likeness (QED) is 0.392. The first-order chi connectivity index (χ1) is 11.3. The average molecular weight is 379 g/mol. The van der Waals surface area contributed by atoms with Crippen LogP contribution in [0.1, 0.15) is 51.0 Å². The zero-order chi connectivity index (χ0) is 16.5. The van der Waals surface area contributed by atoms with Gasteiger partial charge in [0.2, 0.25) is 0 Å². The van der Waals surface area contributed by atoms with Crippen LogP contribution < -0.4 is 4.74 Å². The molecular weight excluding hydrogens is 352 g/mol. The molecule has 0 aliphatic rings. The molecule has 0 heterocycles. The van der Waals surface area contributed by atoms with Crippen molar-refractivity contribution >= 4 is 26.7 Å². The van der Waals surface area contributed by atoms with E-state index in [4.69, 9.17) is 4.74 Å². The highest BCUT2D eigenvalue weighted by Crippen LogP contribution is 2.30. The summed E-state index contributed by atoms with van der Waals surface area (Å²) >= 11 is 3.47. The third kappa shape index (κ3) is 5.42. The second kappa shape index (κ2) is 9.82. The summed E-state index contributed by atoms with van der Waals surface area (Å²) in [4.78, 5) is 0. The van der Waals surface area contributed by atoms with Crippen molar-refractivity contribution in [3.63, 3.8) is 0 Å². The molecule has 0 aliphatic heterocycles. The molecule has 0 bridgehead atoms. The zero-order valence-corrected chi connectivity index (χ0v) is 15.6. The number of phenols is 1. The first-order valence-electron chi connectivity index (χ1n) is 8.69. The summed E-state index contributed by atoms with van der Waals surface area (Å²) in [5.74, 6) is 1.30. The van der Waals surface area contributed by atoms with Crippen molar-refractivity contribution in [1.82, 2.24) is 0 Å². The number of aryl methyl sites for hydroxylation is 1. The summed E-state index contributed by atoms with van der Waals surface area (Å²) < 4.78 is 6.02. The molecule has 2 aromatic rings. The van der Waals surface area contributed by atoms with Crippen LogP contribution in [0.3, 0.4) is 0 Å².